The van der Waals surface area contributed by atoms with E-state index in [2.05, 4.69) is 11.8 Å². The van der Waals surface area contributed by atoms with E-state index >= 15 is 0 Å². The zero-order chi connectivity index (χ0) is 14.5. The molecular formula is C15H22FNO3. The molecule has 1 aromatic carbocycles. The molecule has 1 saturated heterocycles. The Bertz CT molecular complexity index is 439. The van der Waals surface area contributed by atoms with E-state index in [1.165, 1.54) is 25.3 Å². The highest BCUT2D eigenvalue weighted by atomic mass is 19.1. The van der Waals surface area contributed by atoms with Crippen LogP contribution in [0, 0.1) is 5.82 Å². The number of hydrogen-bond acceptors (Lipinski definition) is 4. The zero-order valence-electron chi connectivity index (χ0n) is 12.0. The highest BCUT2D eigenvalue weighted by Crippen LogP contribution is 2.30. The van der Waals surface area contributed by atoms with E-state index in [9.17, 15) is 9.50 Å². The topological polar surface area (TPSA) is 41.9 Å². The third kappa shape index (κ3) is 3.48. The minimum Gasteiger partial charge on any atom is -0.496 e. The van der Waals surface area contributed by atoms with Crippen LogP contribution >= 0.6 is 0 Å². The molecule has 0 aromatic heterocycles. The Hall–Kier alpha value is -1.17. The SMILES string of the molecule is CCCN1CCOC(C(O)c2cc(F)ccc2OC)C1. The average molecular weight is 283 g/mol. The average Bonchev–Trinajstić information content (AvgIpc) is 2.47. The van der Waals surface area contributed by atoms with Crippen LogP contribution in [0.25, 0.3) is 0 Å². The van der Waals surface area contributed by atoms with Crippen molar-refractivity contribution in [2.45, 2.75) is 25.6 Å². The first-order chi connectivity index (χ1) is 9.65. The van der Waals surface area contributed by atoms with E-state index in [0.29, 0.717) is 24.5 Å². The molecule has 1 heterocycles. The van der Waals surface area contributed by atoms with Crippen LogP contribution in [0.3, 0.4) is 0 Å². The molecule has 2 rings (SSSR count). The lowest BCUT2D eigenvalue weighted by atomic mass is 10.0. The van der Waals surface area contributed by atoms with Gasteiger partial charge in [0.2, 0.25) is 0 Å². The molecule has 0 saturated carbocycles. The van der Waals surface area contributed by atoms with Gasteiger partial charge in [0.25, 0.3) is 0 Å². The Balaban J connectivity index is 2.13. The van der Waals surface area contributed by atoms with Gasteiger partial charge in [-0.05, 0) is 31.2 Å². The standard InChI is InChI=1S/C15H22FNO3/c1-3-6-17-7-8-20-14(10-17)15(18)12-9-11(16)4-5-13(12)19-2/h4-5,9,14-15,18H,3,6-8,10H2,1-2H3. The fourth-order valence-corrected chi connectivity index (χ4v) is 2.58. The molecule has 5 heteroatoms. The number of rotatable bonds is 5. The second kappa shape index (κ2) is 7.02. The molecule has 2 unspecified atom stereocenters. The van der Waals surface area contributed by atoms with Crippen molar-refractivity contribution in [1.29, 1.82) is 0 Å². The van der Waals surface area contributed by atoms with Gasteiger partial charge < -0.3 is 14.6 Å². The van der Waals surface area contributed by atoms with Crippen molar-refractivity contribution in [3.63, 3.8) is 0 Å². The van der Waals surface area contributed by atoms with Crippen LogP contribution < -0.4 is 4.74 Å². The maximum atomic E-state index is 13.4. The van der Waals surface area contributed by atoms with Crippen LogP contribution in [0.15, 0.2) is 18.2 Å². The number of aliphatic hydroxyl groups excluding tert-OH is 1. The number of aliphatic hydroxyl groups is 1. The molecule has 4 nitrogen and oxygen atoms in total. The van der Waals surface area contributed by atoms with E-state index in [-0.39, 0.29) is 11.9 Å². The highest BCUT2D eigenvalue weighted by Gasteiger charge is 2.29. The maximum absolute atomic E-state index is 13.4. The van der Waals surface area contributed by atoms with Crippen molar-refractivity contribution < 1.29 is 19.0 Å². The van der Waals surface area contributed by atoms with Crippen LogP contribution in [-0.4, -0.2) is 49.5 Å². The second-order valence-corrected chi connectivity index (χ2v) is 5.04. The fourth-order valence-electron chi connectivity index (χ4n) is 2.58. The Morgan fingerprint density at radius 3 is 3.05 bits per heavy atom. The van der Waals surface area contributed by atoms with Crippen molar-refractivity contribution >= 4 is 0 Å². The number of morpholine rings is 1. The lowest BCUT2D eigenvalue weighted by Gasteiger charge is -2.35. The summed E-state index contributed by atoms with van der Waals surface area (Å²) in [6.07, 6.45) is -0.183. The van der Waals surface area contributed by atoms with E-state index in [1.807, 2.05) is 0 Å². The lowest BCUT2D eigenvalue weighted by Crippen LogP contribution is -2.45. The van der Waals surface area contributed by atoms with Gasteiger partial charge in [-0.1, -0.05) is 6.92 Å². The van der Waals surface area contributed by atoms with Crippen LogP contribution in [0.1, 0.15) is 25.0 Å². The molecule has 1 aliphatic rings. The minimum atomic E-state index is -0.889. The number of nitrogens with zero attached hydrogens (tertiary/aromatic N) is 1. The summed E-state index contributed by atoms with van der Waals surface area (Å²) >= 11 is 0. The largest absolute Gasteiger partial charge is 0.496 e. The normalized spacial score (nSPS) is 21.7. The minimum absolute atomic E-state index is 0.356. The smallest absolute Gasteiger partial charge is 0.124 e. The molecule has 1 aromatic rings. The lowest BCUT2D eigenvalue weighted by molar-refractivity contribution is -0.0903. The van der Waals surface area contributed by atoms with Crippen LogP contribution in [0.4, 0.5) is 4.39 Å². The Morgan fingerprint density at radius 2 is 2.35 bits per heavy atom. The van der Waals surface area contributed by atoms with E-state index in [0.717, 1.165) is 19.5 Å². The van der Waals surface area contributed by atoms with E-state index < -0.39 is 6.10 Å². The first-order valence-corrected chi connectivity index (χ1v) is 7.01. The summed E-state index contributed by atoms with van der Waals surface area (Å²) in [7, 11) is 1.51. The highest BCUT2D eigenvalue weighted by molar-refractivity contribution is 5.36. The quantitative estimate of drug-likeness (QED) is 0.897. The molecule has 0 amide bonds. The van der Waals surface area contributed by atoms with Gasteiger partial charge in [0, 0.05) is 18.7 Å². The van der Waals surface area contributed by atoms with Gasteiger partial charge in [0.05, 0.1) is 13.7 Å². The second-order valence-electron chi connectivity index (χ2n) is 5.04. The van der Waals surface area contributed by atoms with Crippen molar-refractivity contribution in [1.82, 2.24) is 4.90 Å². The molecule has 0 aliphatic carbocycles. The Morgan fingerprint density at radius 1 is 1.55 bits per heavy atom. The number of ether oxygens (including phenoxy) is 2. The van der Waals surface area contributed by atoms with Crippen molar-refractivity contribution in [2.75, 3.05) is 33.4 Å². The molecule has 0 spiro atoms. The summed E-state index contributed by atoms with van der Waals surface area (Å²) in [6.45, 7) is 5.20. The molecule has 0 bridgehead atoms. The monoisotopic (exact) mass is 283 g/mol. The summed E-state index contributed by atoms with van der Waals surface area (Å²) in [5, 5.41) is 10.5. The predicted octanol–water partition coefficient (Wildman–Crippen LogP) is 1.98. The van der Waals surface area contributed by atoms with Crippen LogP contribution in [0.5, 0.6) is 5.75 Å². The van der Waals surface area contributed by atoms with Crippen molar-refractivity contribution in [3.05, 3.63) is 29.6 Å². The van der Waals surface area contributed by atoms with Gasteiger partial charge in [-0.3, -0.25) is 4.90 Å². The molecule has 1 aliphatic heterocycles. The molecular weight excluding hydrogens is 261 g/mol. The first-order valence-electron chi connectivity index (χ1n) is 7.01. The Kier molecular flexibility index (Phi) is 5.34. The summed E-state index contributed by atoms with van der Waals surface area (Å²) in [5.41, 5.74) is 0.441. The third-order valence-corrected chi connectivity index (χ3v) is 3.58. The van der Waals surface area contributed by atoms with Crippen LogP contribution in [0.2, 0.25) is 0 Å². The molecule has 0 radical (unpaired) electrons. The molecule has 1 fully saturated rings. The van der Waals surface area contributed by atoms with Gasteiger partial charge >= 0.3 is 0 Å². The fraction of sp³-hybridized carbons (Fsp3) is 0.600. The third-order valence-electron chi connectivity index (χ3n) is 3.58. The van der Waals surface area contributed by atoms with Gasteiger partial charge in [-0.2, -0.15) is 0 Å². The predicted molar refractivity (Wildman–Crippen MR) is 74.4 cm³/mol. The van der Waals surface area contributed by atoms with Crippen molar-refractivity contribution in [2.24, 2.45) is 0 Å². The van der Waals surface area contributed by atoms with Gasteiger partial charge in [0.1, 0.15) is 23.8 Å². The number of hydrogen-bond donors (Lipinski definition) is 1. The first kappa shape index (κ1) is 15.2. The van der Waals surface area contributed by atoms with Gasteiger partial charge in [-0.25, -0.2) is 4.39 Å². The number of benzene rings is 1. The van der Waals surface area contributed by atoms with Crippen molar-refractivity contribution in [3.8, 4) is 5.75 Å². The Labute approximate surface area is 119 Å². The molecule has 112 valence electrons. The summed E-state index contributed by atoms with van der Waals surface area (Å²) in [5.74, 6) is 0.0937. The van der Waals surface area contributed by atoms with Gasteiger partial charge in [-0.15, -0.1) is 0 Å². The van der Waals surface area contributed by atoms with Crippen LogP contribution in [-0.2, 0) is 4.74 Å². The summed E-state index contributed by atoms with van der Waals surface area (Å²) in [4.78, 5) is 2.25. The summed E-state index contributed by atoms with van der Waals surface area (Å²) in [6, 6.07) is 4.16. The molecule has 2 atom stereocenters. The molecule has 1 N–H and O–H groups in total. The van der Waals surface area contributed by atoms with E-state index in [4.69, 9.17) is 9.47 Å². The molecule has 20 heavy (non-hydrogen) atoms. The number of halogens is 1. The zero-order valence-corrected chi connectivity index (χ0v) is 12.0. The number of methoxy groups -OCH3 is 1. The van der Waals surface area contributed by atoms with E-state index in [1.54, 1.807) is 0 Å². The maximum Gasteiger partial charge on any atom is 0.124 e. The summed E-state index contributed by atoms with van der Waals surface area (Å²) < 4.78 is 24.2. The van der Waals surface area contributed by atoms with Gasteiger partial charge in [0.15, 0.2) is 0 Å².